The first-order valence-electron chi connectivity index (χ1n) is 7.88. The van der Waals surface area contributed by atoms with Gasteiger partial charge in [-0.2, -0.15) is 0 Å². The van der Waals surface area contributed by atoms with E-state index in [0.717, 1.165) is 25.3 Å². The van der Waals surface area contributed by atoms with Gasteiger partial charge in [-0.3, -0.25) is 4.79 Å². The first kappa shape index (κ1) is 17.8. The number of fused-ring (bicyclic) bond motifs is 2. The molecule has 0 aliphatic rings. The van der Waals surface area contributed by atoms with Crippen molar-refractivity contribution >= 4 is 59.2 Å². The minimum atomic E-state index is 0.105. The number of halogens is 2. The number of rotatable bonds is 1. The summed E-state index contributed by atoms with van der Waals surface area (Å²) in [5.74, 6) is 0.105. The average Bonchev–Trinajstić information content (AvgIpc) is 2.61. The van der Waals surface area contributed by atoms with Crippen molar-refractivity contribution in [1.82, 2.24) is 0 Å². The highest BCUT2D eigenvalue weighted by molar-refractivity contribution is 9.10. The molecule has 0 bridgehead atoms. The van der Waals surface area contributed by atoms with Crippen LogP contribution in [0.3, 0.4) is 0 Å². The summed E-state index contributed by atoms with van der Waals surface area (Å²) in [5.41, 5.74) is 0.781. The van der Waals surface area contributed by atoms with E-state index in [0.29, 0.717) is 0 Å². The Hall–Kier alpha value is -1.97. The normalized spacial score (nSPS) is 10.4. The Morgan fingerprint density at radius 3 is 2.00 bits per heavy atom. The van der Waals surface area contributed by atoms with Gasteiger partial charge in [-0.15, -0.1) is 0 Å². The second-order valence-corrected chi connectivity index (χ2v) is 7.55. The summed E-state index contributed by atoms with van der Waals surface area (Å²) in [7, 11) is 0. The molecule has 4 aromatic rings. The fourth-order valence-corrected chi connectivity index (χ4v) is 3.45. The van der Waals surface area contributed by atoms with Gasteiger partial charge in [-0.1, -0.05) is 86.5 Å². The van der Waals surface area contributed by atoms with E-state index in [2.05, 4.69) is 74.3 Å². The maximum absolute atomic E-state index is 11.4. The zero-order chi connectivity index (χ0) is 17.8. The highest BCUT2D eigenvalue weighted by Crippen LogP contribution is 2.23. The SMILES string of the molecule is Brc1ccc2ccccc2c1.CC(=O)c1cccc2ccc(Br)cc12. The molecule has 124 valence electrons. The molecule has 3 heteroatoms. The summed E-state index contributed by atoms with van der Waals surface area (Å²) in [6.07, 6.45) is 0. The lowest BCUT2D eigenvalue weighted by Crippen LogP contribution is -1.92. The molecular formula is C22H16Br2O. The van der Waals surface area contributed by atoms with Crippen LogP contribution in [0.5, 0.6) is 0 Å². The van der Waals surface area contributed by atoms with Crippen molar-refractivity contribution in [3.8, 4) is 0 Å². The molecule has 0 radical (unpaired) electrons. The van der Waals surface area contributed by atoms with E-state index in [-0.39, 0.29) is 5.78 Å². The van der Waals surface area contributed by atoms with Crippen LogP contribution in [0.25, 0.3) is 21.5 Å². The van der Waals surface area contributed by atoms with Crippen molar-refractivity contribution in [3.63, 3.8) is 0 Å². The van der Waals surface area contributed by atoms with Gasteiger partial charge in [-0.25, -0.2) is 0 Å². The van der Waals surface area contributed by atoms with E-state index in [1.165, 1.54) is 10.8 Å². The molecule has 0 heterocycles. The first-order valence-corrected chi connectivity index (χ1v) is 9.47. The Morgan fingerprint density at radius 1 is 0.680 bits per heavy atom. The van der Waals surface area contributed by atoms with E-state index in [1.807, 2.05) is 36.4 Å². The van der Waals surface area contributed by atoms with Crippen LogP contribution in [0.2, 0.25) is 0 Å². The number of carbonyl (C=O) groups is 1. The van der Waals surface area contributed by atoms with E-state index >= 15 is 0 Å². The van der Waals surface area contributed by atoms with Crippen LogP contribution in [0, 0.1) is 0 Å². The quantitative estimate of drug-likeness (QED) is 0.273. The van der Waals surface area contributed by atoms with Gasteiger partial charge < -0.3 is 0 Å². The molecule has 0 saturated carbocycles. The zero-order valence-corrected chi connectivity index (χ0v) is 16.8. The largest absolute Gasteiger partial charge is 0.294 e. The highest BCUT2D eigenvalue weighted by Gasteiger charge is 2.04. The highest BCUT2D eigenvalue weighted by atomic mass is 79.9. The van der Waals surface area contributed by atoms with Gasteiger partial charge in [0.05, 0.1) is 0 Å². The van der Waals surface area contributed by atoms with Crippen molar-refractivity contribution in [2.24, 2.45) is 0 Å². The van der Waals surface area contributed by atoms with Gasteiger partial charge >= 0.3 is 0 Å². The van der Waals surface area contributed by atoms with Crippen LogP contribution >= 0.6 is 31.9 Å². The number of carbonyl (C=O) groups excluding carboxylic acids is 1. The van der Waals surface area contributed by atoms with Gasteiger partial charge in [0.15, 0.2) is 5.78 Å². The molecule has 0 atom stereocenters. The fraction of sp³-hybridized carbons (Fsp3) is 0.0455. The minimum Gasteiger partial charge on any atom is -0.294 e. The molecule has 0 N–H and O–H groups in total. The Morgan fingerprint density at radius 2 is 1.28 bits per heavy atom. The molecule has 0 spiro atoms. The lowest BCUT2D eigenvalue weighted by Gasteiger charge is -2.03. The lowest BCUT2D eigenvalue weighted by atomic mass is 10.0. The number of benzene rings is 4. The van der Waals surface area contributed by atoms with E-state index < -0.39 is 0 Å². The Balaban J connectivity index is 0.000000150. The van der Waals surface area contributed by atoms with Gasteiger partial charge in [0, 0.05) is 14.5 Å². The van der Waals surface area contributed by atoms with E-state index in [1.54, 1.807) is 6.92 Å². The minimum absolute atomic E-state index is 0.105. The number of hydrogen-bond acceptors (Lipinski definition) is 1. The maximum Gasteiger partial charge on any atom is 0.160 e. The predicted octanol–water partition coefficient (Wildman–Crippen LogP) is 7.41. The molecule has 0 saturated heterocycles. The predicted molar refractivity (Wildman–Crippen MR) is 113 cm³/mol. The molecule has 25 heavy (non-hydrogen) atoms. The second kappa shape index (κ2) is 7.94. The van der Waals surface area contributed by atoms with Crippen LogP contribution in [0.15, 0.2) is 87.8 Å². The van der Waals surface area contributed by atoms with Crippen molar-refractivity contribution < 1.29 is 4.79 Å². The third-order valence-electron chi connectivity index (χ3n) is 3.93. The Kier molecular flexibility index (Phi) is 5.67. The second-order valence-electron chi connectivity index (χ2n) is 5.72. The van der Waals surface area contributed by atoms with Crippen molar-refractivity contribution in [1.29, 1.82) is 0 Å². The molecule has 0 aliphatic heterocycles. The van der Waals surface area contributed by atoms with Crippen molar-refractivity contribution in [3.05, 3.63) is 93.4 Å². The number of Topliss-reactive ketones (excluding diaryl/α,β-unsaturated/α-hetero) is 1. The number of ketones is 1. The van der Waals surface area contributed by atoms with Crippen molar-refractivity contribution in [2.45, 2.75) is 6.92 Å². The monoisotopic (exact) mass is 454 g/mol. The third-order valence-corrected chi connectivity index (χ3v) is 4.92. The standard InChI is InChI=1S/C12H9BrO.C10H7Br/c1-8(14)11-4-2-3-9-5-6-10(13)7-12(9)11;11-10-6-5-8-3-1-2-4-9(8)7-10/h2-7H,1H3;1-7H. The van der Waals surface area contributed by atoms with Crippen molar-refractivity contribution in [2.75, 3.05) is 0 Å². The zero-order valence-electron chi connectivity index (χ0n) is 13.7. The van der Waals surface area contributed by atoms with E-state index in [4.69, 9.17) is 0 Å². The summed E-state index contributed by atoms with van der Waals surface area (Å²) in [6.45, 7) is 1.59. The van der Waals surface area contributed by atoms with Crippen LogP contribution < -0.4 is 0 Å². The molecule has 4 aromatic carbocycles. The molecule has 0 fully saturated rings. The Bertz CT molecular complexity index is 1050. The molecule has 1 nitrogen and oxygen atoms in total. The lowest BCUT2D eigenvalue weighted by molar-refractivity contribution is 0.101. The van der Waals surface area contributed by atoms with Gasteiger partial charge in [0.2, 0.25) is 0 Å². The van der Waals surface area contributed by atoms with Gasteiger partial charge in [0.25, 0.3) is 0 Å². The fourth-order valence-electron chi connectivity index (χ4n) is 2.71. The molecule has 4 rings (SSSR count). The third kappa shape index (κ3) is 4.36. The van der Waals surface area contributed by atoms with Crippen LogP contribution in [-0.2, 0) is 0 Å². The topological polar surface area (TPSA) is 17.1 Å². The molecule has 0 aromatic heterocycles. The average molecular weight is 456 g/mol. The Labute approximate surface area is 163 Å². The summed E-state index contributed by atoms with van der Waals surface area (Å²) < 4.78 is 2.13. The van der Waals surface area contributed by atoms with Crippen LogP contribution in [0.4, 0.5) is 0 Å². The summed E-state index contributed by atoms with van der Waals surface area (Å²) in [6, 6.07) is 26.4. The summed E-state index contributed by atoms with van der Waals surface area (Å²) >= 11 is 6.84. The summed E-state index contributed by atoms with van der Waals surface area (Å²) in [4.78, 5) is 11.4. The molecular weight excluding hydrogens is 440 g/mol. The molecule has 0 aliphatic carbocycles. The smallest absolute Gasteiger partial charge is 0.160 e. The van der Waals surface area contributed by atoms with Gasteiger partial charge in [0.1, 0.15) is 0 Å². The maximum atomic E-state index is 11.4. The molecule has 0 amide bonds. The van der Waals surface area contributed by atoms with Crippen LogP contribution in [0.1, 0.15) is 17.3 Å². The summed E-state index contributed by atoms with van der Waals surface area (Å²) in [5, 5.41) is 4.67. The van der Waals surface area contributed by atoms with E-state index in [9.17, 15) is 4.79 Å². The number of hydrogen-bond donors (Lipinski definition) is 0. The first-order chi connectivity index (χ1) is 12.0. The van der Waals surface area contributed by atoms with Crippen LogP contribution in [-0.4, -0.2) is 5.78 Å². The van der Waals surface area contributed by atoms with Gasteiger partial charge in [-0.05, 0) is 52.7 Å². The molecule has 0 unspecified atom stereocenters.